The van der Waals surface area contributed by atoms with Gasteiger partial charge in [-0.05, 0) is 44.7 Å². The monoisotopic (exact) mass is 240 g/mol. The van der Waals surface area contributed by atoms with Crippen molar-refractivity contribution in [1.82, 2.24) is 10.2 Å². The number of aliphatic hydroxyl groups is 1. The second kappa shape index (κ2) is 4.84. The first-order valence-corrected chi connectivity index (χ1v) is 7.02. The topological polar surface area (TPSA) is 44.7 Å². The Kier molecular flexibility index (Phi) is 3.39. The maximum Gasteiger partial charge on any atom is 0.0700 e. The zero-order valence-electron chi connectivity index (χ0n) is 10.5. The van der Waals surface area contributed by atoms with E-state index in [0.717, 1.165) is 19.7 Å². The summed E-state index contributed by atoms with van der Waals surface area (Å²) in [5.41, 5.74) is -0.0531. The molecule has 2 unspecified atom stereocenters. The van der Waals surface area contributed by atoms with Gasteiger partial charge >= 0.3 is 0 Å². The highest BCUT2D eigenvalue weighted by Gasteiger charge is 2.46. The normalized spacial score (nSPS) is 45.4. The number of nitrogens with zero attached hydrogens (tertiary/aromatic N) is 1. The van der Waals surface area contributed by atoms with Gasteiger partial charge in [-0.2, -0.15) is 0 Å². The molecular formula is C13H24N2O2. The zero-order valence-corrected chi connectivity index (χ0v) is 10.5. The Morgan fingerprint density at radius 1 is 1.29 bits per heavy atom. The van der Waals surface area contributed by atoms with Gasteiger partial charge in [0, 0.05) is 19.7 Å². The van der Waals surface area contributed by atoms with E-state index in [-0.39, 0.29) is 12.1 Å². The van der Waals surface area contributed by atoms with Crippen molar-refractivity contribution >= 4 is 0 Å². The summed E-state index contributed by atoms with van der Waals surface area (Å²) in [6.07, 6.45) is 5.20. The molecule has 4 aliphatic rings. The van der Waals surface area contributed by atoms with Crippen molar-refractivity contribution in [3.05, 3.63) is 0 Å². The van der Waals surface area contributed by atoms with Crippen LogP contribution in [-0.4, -0.2) is 61.0 Å². The number of hydrogen-bond acceptors (Lipinski definition) is 4. The molecule has 0 spiro atoms. The van der Waals surface area contributed by atoms with Crippen LogP contribution in [0.5, 0.6) is 0 Å². The summed E-state index contributed by atoms with van der Waals surface area (Å²) in [5, 5.41) is 13.4. The van der Waals surface area contributed by atoms with E-state index in [9.17, 15) is 5.11 Å². The van der Waals surface area contributed by atoms with Gasteiger partial charge in [-0.1, -0.05) is 0 Å². The Labute approximate surface area is 103 Å². The van der Waals surface area contributed by atoms with Crippen LogP contribution in [0.2, 0.25) is 0 Å². The Balaban J connectivity index is 1.61. The van der Waals surface area contributed by atoms with E-state index in [1.165, 1.54) is 38.8 Å². The first kappa shape index (κ1) is 11.9. The van der Waals surface area contributed by atoms with Gasteiger partial charge in [0.2, 0.25) is 0 Å². The molecule has 2 atom stereocenters. The van der Waals surface area contributed by atoms with Crippen molar-refractivity contribution in [1.29, 1.82) is 0 Å². The molecule has 0 saturated carbocycles. The van der Waals surface area contributed by atoms with E-state index < -0.39 is 0 Å². The maximum atomic E-state index is 9.81. The van der Waals surface area contributed by atoms with Gasteiger partial charge in [0.15, 0.2) is 0 Å². The van der Waals surface area contributed by atoms with E-state index in [0.29, 0.717) is 12.0 Å². The van der Waals surface area contributed by atoms with Crippen molar-refractivity contribution in [2.45, 2.75) is 37.3 Å². The van der Waals surface area contributed by atoms with E-state index in [2.05, 4.69) is 10.2 Å². The van der Waals surface area contributed by atoms with Gasteiger partial charge in [-0.15, -0.1) is 0 Å². The Morgan fingerprint density at radius 3 is 2.65 bits per heavy atom. The van der Waals surface area contributed by atoms with Crippen LogP contribution in [0.4, 0.5) is 0 Å². The molecule has 17 heavy (non-hydrogen) atoms. The predicted molar refractivity (Wildman–Crippen MR) is 66.0 cm³/mol. The highest BCUT2D eigenvalue weighted by molar-refractivity contribution is 5.04. The molecule has 4 heteroatoms. The summed E-state index contributed by atoms with van der Waals surface area (Å²) in [7, 11) is 0. The summed E-state index contributed by atoms with van der Waals surface area (Å²) in [5.74, 6) is 0.652. The lowest BCUT2D eigenvalue weighted by Gasteiger charge is -2.53. The molecule has 4 aliphatic heterocycles. The number of rotatable bonds is 4. The number of piperidine rings is 3. The third-order valence-electron chi connectivity index (χ3n) is 4.86. The molecule has 0 aliphatic carbocycles. The average Bonchev–Trinajstić information content (AvgIpc) is 2.91. The molecule has 2 N–H and O–H groups in total. The molecule has 2 bridgehead atoms. The van der Waals surface area contributed by atoms with Gasteiger partial charge in [-0.3, -0.25) is 0 Å². The molecular weight excluding hydrogens is 216 g/mol. The van der Waals surface area contributed by atoms with Crippen LogP contribution >= 0.6 is 0 Å². The Bertz CT molecular complexity index is 260. The summed E-state index contributed by atoms with van der Waals surface area (Å²) in [6, 6.07) is 0. The van der Waals surface area contributed by atoms with Crippen molar-refractivity contribution in [3.63, 3.8) is 0 Å². The molecule has 0 radical (unpaired) electrons. The van der Waals surface area contributed by atoms with E-state index in [1.807, 2.05) is 0 Å². The largest absolute Gasteiger partial charge is 0.394 e. The standard InChI is InChI=1S/C13H24N2O2/c16-10-13(14-8-12-2-1-7-17-12)9-15-5-3-11(13)4-6-15/h11-12,14,16H,1-10H2. The van der Waals surface area contributed by atoms with Crippen LogP contribution in [-0.2, 0) is 4.74 Å². The van der Waals surface area contributed by atoms with Gasteiger partial charge in [0.1, 0.15) is 0 Å². The van der Waals surface area contributed by atoms with Crippen molar-refractivity contribution in [3.8, 4) is 0 Å². The molecule has 0 aromatic rings. The summed E-state index contributed by atoms with van der Waals surface area (Å²) >= 11 is 0. The summed E-state index contributed by atoms with van der Waals surface area (Å²) in [4.78, 5) is 2.48. The molecule has 0 amide bonds. The minimum Gasteiger partial charge on any atom is -0.394 e. The molecule has 0 aromatic heterocycles. The van der Waals surface area contributed by atoms with Crippen LogP contribution in [0.3, 0.4) is 0 Å². The van der Waals surface area contributed by atoms with E-state index in [1.54, 1.807) is 0 Å². The molecule has 4 saturated heterocycles. The first-order valence-electron chi connectivity index (χ1n) is 7.02. The molecule has 0 aromatic carbocycles. The van der Waals surface area contributed by atoms with E-state index >= 15 is 0 Å². The lowest BCUT2D eigenvalue weighted by molar-refractivity contribution is -0.0318. The summed E-state index contributed by atoms with van der Waals surface area (Å²) in [6.45, 7) is 5.53. The van der Waals surface area contributed by atoms with Crippen LogP contribution in [0.25, 0.3) is 0 Å². The number of hydrogen-bond donors (Lipinski definition) is 2. The van der Waals surface area contributed by atoms with Crippen molar-refractivity contribution in [2.75, 3.05) is 39.4 Å². The highest BCUT2D eigenvalue weighted by Crippen LogP contribution is 2.35. The Morgan fingerprint density at radius 2 is 2.12 bits per heavy atom. The SMILES string of the molecule is OCC1(NCC2CCCO2)CN2CCC1CC2. The quantitative estimate of drug-likeness (QED) is 0.737. The smallest absolute Gasteiger partial charge is 0.0700 e. The van der Waals surface area contributed by atoms with Crippen molar-refractivity contribution < 1.29 is 9.84 Å². The van der Waals surface area contributed by atoms with Gasteiger partial charge in [0.05, 0.1) is 18.2 Å². The molecule has 98 valence electrons. The Hall–Kier alpha value is -0.160. The minimum atomic E-state index is -0.0531. The maximum absolute atomic E-state index is 9.81. The fourth-order valence-electron chi connectivity index (χ4n) is 3.73. The number of aliphatic hydroxyl groups excluding tert-OH is 1. The van der Waals surface area contributed by atoms with Gasteiger partial charge in [-0.25, -0.2) is 0 Å². The molecule has 4 nitrogen and oxygen atoms in total. The molecule has 4 rings (SSSR count). The third-order valence-corrected chi connectivity index (χ3v) is 4.86. The van der Waals surface area contributed by atoms with Crippen LogP contribution in [0.15, 0.2) is 0 Å². The lowest BCUT2D eigenvalue weighted by atomic mass is 9.73. The number of fused-ring (bicyclic) bond motifs is 3. The second-order valence-corrected chi connectivity index (χ2v) is 5.88. The highest BCUT2D eigenvalue weighted by atomic mass is 16.5. The fraction of sp³-hybridized carbons (Fsp3) is 1.00. The fourth-order valence-corrected chi connectivity index (χ4v) is 3.73. The third kappa shape index (κ3) is 2.24. The van der Waals surface area contributed by atoms with Crippen molar-refractivity contribution in [2.24, 2.45) is 5.92 Å². The minimum absolute atomic E-state index is 0.0531. The van der Waals surface area contributed by atoms with Crippen LogP contribution < -0.4 is 5.32 Å². The molecule has 4 heterocycles. The first-order chi connectivity index (χ1) is 8.32. The summed E-state index contributed by atoms with van der Waals surface area (Å²) < 4.78 is 5.66. The number of nitrogens with one attached hydrogen (secondary N) is 1. The van der Waals surface area contributed by atoms with Crippen LogP contribution in [0, 0.1) is 5.92 Å². The predicted octanol–water partition coefficient (Wildman–Crippen LogP) is 0.212. The van der Waals surface area contributed by atoms with Gasteiger partial charge in [0.25, 0.3) is 0 Å². The average molecular weight is 240 g/mol. The lowest BCUT2D eigenvalue weighted by Crippen LogP contribution is -2.68. The van der Waals surface area contributed by atoms with Crippen LogP contribution in [0.1, 0.15) is 25.7 Å². The second-order valence-electron chi connectivity index (χ2n) is 5.88. The van der Waals surface area contributed by atoms with Gasteiger partial charge < -0.3 is 20.1 Å². The molecule has 4 fully saturated rings. The number of ether oxygens (including phenoxy) is 1. The zero-order chi connectivity index (χ0) is 11.7. The van der Waals surface area contributed by atoms with E-state index in [4.69, 9.17) is 4.74 Å².